The van der Waals surface area contributed by atoms with Crippen molar-refractivity contribution >= 4 is 0 Å². The number of aromatic nitrogens is 3. The van der Waals surface area contributed by atoms with E-state index >= 15 is 0 Å². The SMILES string of the molecule is CCc1cc(C(C)C)ccc1OCc1ncn[nH]1. The summed E-state index contributed by atoms with van der Waals surface area (Å²) in [4.78, 5) is 4.04. The third kappa shape index (κ3) is 2.88. The van der Waals surface area contributed by atoms with Crippen LogP contribution < -0.4 is 4.74 Å². The molecule has 0 radical (unpaired) electrons. The molecular formula is C14H19N3O. The lowest BCUT2D eigenvalue weighted by atomic mass is 9.99. The fourth-order valence-corrected chi connectivity index (χ4v) is 1.82. The van der Waals surface area contributed by atoms with Crippen molar-refractivity contribution in [2.24, 2.45) is 0 Å². The van der Waals surface area contributed by atoms with Crippen molar-refractivity contribution in [3.05, 3.63) is 41.5 Å². The molecule has 0 spiro atoms. The maximum atomic E-state index is 5.77. The van der Waals surface area contributed by atoms with E-state index in [0.717, 1.165) is 18.0 Å². The topological polar surface area (TPSA) is 50.8 Å². The van der Waals surface area contributed by atoms with Gasteiger partial charge in [-0.05, 0) is 29.5 Å². The van der Waals surface area contributed by atoms with Gasteiger partial charge in [-0.15, -0.1) is 0 Å². The van der Waals surface area contributed by atoms with E-state index in [2.05, 4.69) is 48.1 Å². The summed E-state index contributed by atoms with van der Waals surface area (Å²) in [6.45, 7) is 6.96. The molecule has 1 heterocycles. The Balaban J connectivity index is 2.12. The standard InChI is InChI=1S/C14H19N3O/c1-4-11-7-12(10(2)3)5-6-13(11)18-8-14-15-9-16-17-14/h5-7,9-10H,4,8H2,1-3H3,(H,15,16,17). The molecule has 0 unspecified atom stereocenters. The number of H-pyrrole nitrogens is 1. The second-order valence-electron chi connectivity index (χ2n) is 4.60. The van der Waals surface area contributed by atoms with Crippen molar-refractivity contribution in [1.29, 1.82) is 0 Å². The van der Waals surface area contributed by atoms with E-state index in [1.807, 2.05) is 6.07 Å². The lowest BCUT2D eigenvalue weighted by Crippen LogP contribution is -2.01. The summed E-state index contributed by atoms with van der Waals surface area (Å²) in [7, 11) is 0. The Morgan fingerprint density at radius 1 is 1.33 bits per heavy atom. The minimum Gasteiger partial charge on any atom is -0.485 e. The average molecular weight is 245 g/mol. The molecule has 0 saturated heterocycles. The first-order chi connectivity index (χ1) is 8.70. The largest absolute Gasteiger partial charge is 0.485 e. The Kier molecular flexibility index (Phi) is 3.97. The summed E-state index contributed by atoms with van der Waals surface area (Å²) < 4.78 is 5.77. The van der Waals surface area contributed by atoms with Gasteiger partial charge < -0.3 is 4.74 Å². The zero-order chi connectivity index (χ0) is 13.0. The third-order valence-electron chi connectivity index (χ3n) is 2.96. The van der Waals surface area contributed by atoms with Crippen LogP contribution in [0.4, 0.5) is 0 Å². The number of hydrogen-bond acceptors (Lipinski definition) is 3. The van der Waals surface area contributed by atoms with Crippen molar-refractivity contribution in [2.75, 3.05) is 0 Å². The molecular weight excluding hydrogens is 226 g/mol. The van der Waals surface area contributed by atoms with E-state index in [4.69, 9.17) is 4.74 Å². The van der Waals surface area contributed by atoms with Crippen molar-refractivity contribution < 1.29 is 4.74 Å². The number of aromatic amines is 1. The zero-order valence-electron chi connectivity index (χ0n) is 11.1. The second-order valence-corrected chi connectivity index (χ2v) is 4.60. The van der Waals surface area contributed by atoms with Crippen molar-refractivity contribution in [3.63, 3.8) is 0 Å². The number of nitrogens with zero attached hydrogens (tertiary/aromatic N) is 2. The van der Waals surface area contributed by atoms with Crippen LogP contribution in [0.5, 0.6) is 5.75 Å². The number of nitrogens with one attached hydrogen (secondary N) is 1. The van der Waals surface area contributed by atoms with Gasteiger partial charge in [0.1, 0.15) is 18.7 Å². The zero-order valence-corrected chi connectivity index (χ0v) is 11.1. The molecule has 0 fully saturated rings. The maximum absolute atomic E-state index is 5.77. The summed E-state index contributed by atoms with van der Waals surface area (Å²) in [5.74, 6) is 2.21. The van der Waals surface area contributed by atoms with E-state index in [1.165, 1.54) is 17.5 Å². The molecule has 0 aliphatic rings. The van der Waals surface area contributed by atoms with E-state index < -0.39 is 0 Å². The molecule has 4 nitrogen and oxygen atoms in total. The highest BCUT2D eigenvalue weighted by Crippen LogP contribution is 2.25. The lowest BCUT2D eigenvalue weighted by Gasteiger charge is -2.13. The van der Waals surface area contributed by atoms with Gasteiger partial charge in [-0.3, -0.25) is 5.10 Å². The molecule has 1 aromatic heterocycles. The van der Waals surface area contributed by atoms with Crippen LogP contribution in [0.15, 0.2) is 24.5 Å². The van der Waals surface area contributed by atoms with E-state index in [1.54, 1.807) is 0 Å². The van der Waals surface area contributed by atoms with Crippen molar-refractivity contribution in [3.8, 4) is 5.75 Å². The van der Waals surface area contributed by atoms with Gasteiger partial charge >= 0.3 is 0 Å². The maximum Gasteiger partial charge on any atom is 0.162 e. The minimum atomic E-state index is 0.425. The molecule has 0 bridgehead atoms. The van der Waals surface area contributed by atoms with Gasteiger partial charge in [-0.2, -0.15) is 5.10 Å². The number of hydrogen-bond donors (Lipinski definition) is 1. The summed E-state index contributed by atoms with van der Waals surface area (Å²) in [5, 5.41) is 6.59. The quantitative estimate of drug-likeness (QED) is 0.880. The molecule has 4 heteroatoms. The molecule has 18 heavy (non-hydrogen) atoms. The lowest BCUT2D eigenvalue weighted by molar-refractivity contribution is 0.293. The third-order valence-corrected chi connectivity index (χ3v) is 2.96. The van der Waals surface area contributed by atoms with E-state index in [9.17, 15) is 0 Å². The summed E-state index contributed by atoms with van der Waals surface area (Å²) >= 11 is 0. The molecule has 0 aliphatic heterocycles. The highest BCUT2D eigenvalue weighted by Gasteiger charge is 2.07. The molecule has 0 saturated carbocycles. The Morgan fingerprint density at radius 3 is 2.78 bits per heavy atom. The average Bonchev–Trinajstić information content (AvgIpc) is 2.89. The first-order valence-corrected chi connectivity index (χ1v) is 6.30. The number of benzene rings is 1. The smallest absolute Gasteiger partial charge is 0.162 e. The molecule has 1 aromatic carbocycles. The Hall–Kier alpha value is -1.84. The van der Waals surface area contributed by atoms with Crippen LogP contribution >= 0.6 is 0 Å². The fourth-order valence-electron chi connectivity index (χ4n) is 1.82. The predicted octanol–water partition coefficient (Wildman–Crippen LogP) is 3.07. The van der Waals surface area contributed by atoms with E-state index in [0.29, 0.717) is 12.5 Å². The first-order valence-electron chi connectivity index (χ1n) is 6.30. The van der Waals surface area contributed by atoms with Gasteiger partial charge in [0.05, 0.1) is 0 Å². The summed E-state index contributed by atoms with van der Waals surface area (Å²) in [6.07, 6.45) is 2.45. The van der Waals surface area contributed by atoms with E-state index in [-0.39, 0.29) is 0 Å². The van der Waals surface area contributed by atoms with Gasteiger partial charge in [0, 0.05) is 0 Å². The molecule has 2 aromatic rings. The van der Waals surface area contributed by atoms with Crippen molar-refractivity contribution in [1.82, 2.24) is 15.2 Å². The van der Waals surface area contributed by atoms with Gasteiger partial charge in [-0.1, -0.05) is 32.9 Å². The first kappa shape index (κ1) is 12.6. The second kappa shape index (κ2) is 5.67. The summed E-state index contributed by atoms with van der Waals surface area (Å²) in [5.41, 5.74) is 2.58. The van der Waals surface area contributed by atoms with Gasteiger partial charge in [0.2, 0.25) is 0 Å². The number of aryl methyl sites for hydroxylation is 1. The Morgan fingerprint density at radius 2 is 2.17 bits per heavy atom. The number of rotatable bonds is 5. The highest BCUT2D eigenvalue weighted by atomic mass is 16.5. The fraction of sp³-hybridized carbons (Fsp3) is 0.429. The van der Waals surface area contributed by atoms with Gasteiger partial charge in [0.25, 0.3) is 0 Å². The van der Waals surface area contributed by atoms with Crippen LogP contribution in [-0.2, 0) is 13.0 Å². The van der Waals surface area contributed by atoms with Gasteiger partial charge in [-0.25, -0.2) is 4.98 Å². The van der Waals surface area contributed by atoms with Crippen LogP contribution in [0.1, 0.15) is 43.6 Å². The van der Waals surface area contributed by atoms with Gasteiger partial charge in [0.15, 0.2) is 5.82 Å². The minimum absolute atomic E-state index is 0.425. The Bertz CT molecular complexity index is 492. The number of ether oxygens (including phenoxy) is 1. The summed E-state index contributed by atoms with van der Waals surface area (Å²) in [6, 6.07) is 6.39. The van der Waals surface area contributed by atoms with Crippen LogP contribution in [0.2, 0.25) is 0 Å². The van der Waals surface area contributed by atoms with Crippen LogP contribution in [-0.4, -0.2) is 15.2 Å². The molecule has 0 amide bonds. The molecule has 0 atom stereocenters. The highest BCUT2D eigenvalue weighted by molar-refractivity contribution is 5.38. The molecule has 1 N–H and O–H groups in total. The van der Waals surface area contributed by atoms with Crippen LogP contribution in [0.25, 0.3) is 0 Å². The monoisotopic (exact) mass is 245 g/mol. The molecule has 96 valence electrons. The van der Waals surface area contributed by atoms with Crippen molar-refractivity contribution in [2.45, 2.75) is 39.7 Å². The van der Waals surface area contributed by atoms with Crippen LogP contribution in [0.3, 0.4) is 0 Å². The molecule has 2 rings (SSSR count). The Labute approximate surface area is 107 Å². The normalized spacial score (nSPS) is 10.9. The molecule has 0 aliphatic carbocycles. The predicted molar refractivity (Wildman–Crippen MR) is 70.6 cm³/mol. The van der Waals surface area contributed by atoms with Crippen LogP contribution in [0, 0.1) is 0 Å².